The van der Waals surface area contributed by atoms with Crippen LogP contribution in [0.2, 0.25) is 0 Å². The fourth-order valence-corrected chi connectivity index (χ4v) is 5.11. The third-order valence-corrected chi connectivity index (χ3v) is 6.85. The Kier molecular flexibility index (Phi) is 5.43. The molecule has 0 spiro atoms. The van der Waals surface area contributed by atoms with Gasteiger partial charge in [-0.3, -0.25) is 4.68 Å². The normalized spacial score (nSPS) is 24.4. The molecular weight excluding hydrogens is 366 g/mol. The molecule has 2 N–H and O–H groups in total. The van der Waals surface area contributed by atoms with E-state index in [9.17, 15) is 0 Å². The highest BCUT2D eigenvalue weighted by Gasteiger charge is 2.38. The van der Waals surface area contributed by atoms with Gasteiger partial charge >= 0.3 is 0 Å². The van der Waals surface area contributed by atoms with E-state index in [-0.39, 0.29) is 0 Å². The number of fused-ring (bicyclic) bond motifs is 2. The molecule has 1 aromatic carbocycles. The van der Waals surface area contributed by atoms with Crippen molar-refractivity contribution in [2.75, 3.05) is 12.4 Å². The summed E-state index contributed by atoms with van der Waals surface area (Å²) in [5.41, 5.74) is 5.72. The topological polar surface area (TPSA) is 45.1 Å². The average molecular weight is 398 g/mol. The van der Waals surface area contributed by atoms with Crippen LogP contribution in [0.4, 0.5) is 5.69 Å². The predicted octanol–water partition coefficient (Wildman–Crippen LogP) is 3.77. The standard InChI is InChI=1S/C22H31N5S/c1-14-7-5-6-8-17(14)13-27-16(3)21(15(2)25-27)24-22(28)23-18-11-19-9-10-20(12-18)26(19)4/h5-8,18-20H,9-13H2,1-4H3,(H2,23,24,28)/t18?,19-,20+. The van der Waals surface area contributed by atoms with Crippen molar-refractivity contribution in [3.63, 3.8) is 0 Å². The van der Waals surface area contributed by atoms with Crippen molar-refractivity contribution in [1.29, 1.82) is 0 Å². The van der Waals surface area contributed by atoms with Gasteiger partial charge in [0.1, 0.15) is 0 Å². The largest absolute Gasteiger partial charge is 0.360 e. The number of anilines is 1. The minimum Gasteiger partial charge on any atom is -0.360 e. The molecule has 3 heterocycles. The van der Waals surface area contributed by atoms with Gasteiger partial charge in [0.05, 0.1) is 23.6 Å². The lowest BCUT2D eigenvalue weighted by Gasteiger charge is -2.37. The maximum Gasteiger partial charge on any atom is 0.171 e. The third kappa shape index (κ3) is 3.80. The maximum absolute atomic E-state index is 5.65. The molecule has 3 atom stereocenters. The number of hydrogen-bond donors (Lipinski definition) is 2. The Bertz CT molecular complexity index is 860. The molecule has 150 valence electrons. The van der Waals surface area contributed by atoms with Crippen LogP contribution < -0.4 is 10.6 Å². The molecule has 4 rings (SSSR count). The van der Waals surface area contributed by atoms with Crippen LogP contribution in [0.15, 0.2) is 24.3 Å². The second-order valence-electron chi connectivity index (χ2n) is 8.45. The summed E-state index contributed by atoms with van der Waals surface area (Å²) >= 11 is 5.65. The molecule has 2 fully saturated rings. The molecule has 2 bridgehead atoms. The monoisotopic (exact) mass is 397 g/mol. The van der Waals surface area contributed by atoms with Crippen molar-refractivity contribution in [2.45, 2.75) is 71.1 Å². The summed E-state index contributed by atoms with van der Waals surface area (Å²) in [6.07, 6.45) is 5.01. The van der Waals surface area contributed by atoms with Gasteiger partial charge in [0.15, 0.2) is 5.11 Å². The van der Waals surface area contributed by atoms with Gasteiger partial charge in [-0.25, -0.2) is 0 Å². The Balaban J connectivity index is 1.41. The Labute approximate surface area is 173 Å². The van der Waals surface area contributed by atoms with E-state index >= 15 is 0 Å². The molecule has 1 unspecified atom stereocenters. The number of nitrogens with one attached hydrogen (secondary N) is 2. The first-order valence-corrected chi connectivity index (χ1v) is 10.7. The van der Waals surface area contributed by atoms with E-state index in [1.165, 1.54) is 36.8 Å². The average Bonchev–Trinajstić information content (AvgIpc) is 3.01. The van der Waals surface area contributed by atoms with Crippen molar-refractivity contribution in [2.24, 2.45) is 0 Å². The predicted molar refractivity (Wildman–Crippen MR) is 119 cm³/mol. The molecule has 28 heavy (non-hydrogen) atoms. The molecule has 0 amide bonds. The van der Waals surface area contributed by atoms with E-state index in [2.05, 4.69) is 65.4 Å². The number of hydrogen-bond acceptors (Lipinski definition) is 3. The SMILES string of the molecule is Cc1ccccc1Cn1nc(C)c(NC(=S)NC2C[C@H]3CC[C@@H](C2)N3C)c1C. The highest BCUT2D eigenvalue weighted by atomic mass is 32.1. The lowest BCUT2D eigenvalue weighted by atomic mass is 9.98. The number of nitrogens with zero attached hydrogens (tertiary/aromatic N) is 3. The smallest absolute Gasteiger partial charge is 0.171 e. The number of benzene rings is 1. The van der Waals surface area contributed by atoms with Crippen LogP contribution in [0.25, 0.3) is 0 Å². The summed E-state index contributed by atoms with van der Waals surface area (Å²) in [6, 6.07) is 10.4. The molecule has 2 aromatic rings. The van der Waals surface area contributed by atoms with Gasteiger partial charge in [-0.05, 0) is 76.8 Å². The van der Waals surface area contributed by atoms with Crippen LogP contribution in [0, 0.1) is 20.8 Å². The van der Waals surface area contributed by atoms with Crippen LogP contribution in [0.5, 0.6) is 0 Å². The van der Waals surface area contributed by atoms with E-state index in [1.807, 2.05) is 6.92 Å². The van der Waals surface area contributed by atoms with Gasteiger partial charge in [0.2, 0.25) is 0 Å². The summed E-state index contributed by atoms with van der Waals surface area (Å²) in [4.78, 5) is 2.55. The van der Waals surface area contributed by atoms with Crippen LogP contribution in [-0.2, 0) is 6.54 Å². The van der Waals surface area contributed by atoms with Crippen LogP contribution in [0.1, 0.15) is 48.2 Å². The Morgan fingerprint density at radius 3 is 2.50 bits per heavy atom. The first-order chi connectivity index (χ1) is 13.4. The van der Waals surface area contributed by atoms with Gasteiger partial charge in [0, 0.05) is 18.1 Å². The first kappa shape index (κ1) is 19.4. The molecule has 2 aliphatic rings. The summed E-state index contributed by atoms with van der Waals surface area (Å²) in [6.45, 7) is 7.08. The molecule has 5 nitrogen and oxygen atoms in total. The van der Waals surface area contributed by atoms with Crippen molar-refractivity contribution in [3.05, 3.63) is 46.8 Å². The molecular formula is C22H31N5S. The van der Waals surface area contributed by atoms with Crippen molar-refractivity contribution < 1.29 is 0 Å². The number of thiocarbonyl (C=S) groups is 1. The quantitative estimate of drug-likeness (QED) is 0.769. The van der Waals surface area contributed by atoms with Crippen molar-refractivity contribution in [3.8, 4) is 0 Å². The second kappa shape index (κ2) is 7.84. The first-order valence-electron chi connectivity index (χ1n) is 10.3. The number of aryl methyl sites for hydroxylation is 2. The zero-order valence-corrected chi connectivity index (χ0v) is 18.1. The lowest BCUT2D eigenvalue weighted by Crippen LogP contribution is -2.49. The minimum atomic E-state index is 0.469. The fraction of sp³-hybridized carbons (Fsp3) is 0.545. The number of piperidine rings is 1. The highest BCUT2D eigenvalue weighted by molar-refractivity contribution is 7.80. The van der Waals surface area contributed by atoms with Gasteiger partial charge in [-0.2, -0.15) is 5.10 Å². The third-order valence-electron chi connectivity index (χ3n) is 6.63. The van der Waals surface area contributed by atoms with Gasteiger partial charge in [-0.15, -0.1) is 0 Å². The zero-order valence-electron chi connectivity index (χ0n) is 17.3. The number of rotatable bonds is 4. The fourth-order valence-electron chi connectivity index (χ4n) is 4.84. The minimum absolute atomic E-state index is 0.469. The zero-order chi connectivity index (χ0) is 19.8. The summed E-state index contributed by atoms with van der Waals surface area (Å²) in [7, 11) is 2.27. The molecule has 1 aromatic heterocycles. The van der Waals surface area contributed by atoms with E-state index in [0.29, 0.717) is 18.1 Å². The Morgan fingerprint density at radius 2 is 1.82 bits per heavy atom. The van der Waals surface area contributed by atoms with Crippen LogP contribution in [0.3, 0.4) is 0 Å². The lowest BCUT2D eigenvalue weighted by molar-refractivity contribution is 0.156. The Morgan fingerprint density at radius 1 is 1.14 bits per heavy atom. The van der Waals surface area contributed by atoms with Gasteiger partial charge in [0.25, 0.3) is 0 Å². The van der Waals surface area contributed by atoms with E-state index in [4.69, 9.17) is 17.3 Å². The van der Waals surface area contributed by atoms with Gasteiger partial charge in [-0.1, -0.05) is 24.3 Å². The molecule has 2 saturated heterocycles. The van der Waals surface area contributed by atoms with Crippen molar-refractivity contribution in [1.82, 2.24) is 20.0 Å². The van der Waals surface area contributed by atoms with E-state index in [1.54, 1.807) is 0 Å². The molecule has 6 heteroatoms. The maximum atomic E-state index is 5.65. The van der Waals surface area contributed by atoms with Crippen LogP contribution in [-0.4, -0.2) is 45.0 Å². The summed E-state index contributed by atoms with van der Waals surface area (Å²) in [5, 5.41) is 12.5. The summed E-state index contributed by atoms with van der Waals surface area (Å²) < 4.78 is 2.07. The molecule has 0 saturated carbocycles. The molecule has 2 aliphatic heterocycles. The van der Waals surface area contributed by atoms with E-state index < -0.39 is 0 Å². The second-order valence-corrected chi connectivity index (χ2v) is 8.86. The van der Waals surface area contributed by atoms with Crippen LogP contribution >= 0.6 is 12.2 Å². The van der Waals surface area contributed by atoms with Gasteiger partial charge < -0.3 is 15.5 Å². The number of aromatic nitrogens is 2. The van der Waals surface area contributed by atoms with E-state index in [0.717, 1.165) is 28.7 Å². The molecule has 0 aliphatic carbocycles. The highest BCUT2D eigenvalue weighted by Crippen LogP contribution is 2.34. The van der Waals surface area contributed by atoms with Crippen molar-refractivity contribution >= 4 is 23.0 Å². The molecule has 0 radical (unpaired) electrons. The Hall–Kier alpha value is -1.92. The summed E-state index contributed by atoms with van der Waals surface area (Å²) in [5.74, 6) is 0.